The quantitative estimate of drug-likeness (QED) is 0.528. The first-order valence-corrected chi connectivity index (χ1v) is 8.26. The number of carboxylic acid groups (broad SMARTS) is 1. The van der Waals surface area contributed by atoms with Gasteiger partial charge in [0, 0.05) is 11.1 Å². The molecule has 0 saturated carbocycles. The molecule has 28 heavy (non-hydrogen) atoms. The maximum atomic E-state index is 12.3. The smallest absolute Gasteiger partial charge is 0.387 e. The number of fused-ring (bicyclic) bond motifs is 1. The molecule has 4 aromatic rings. The molecule has 2 N–H and O–H groups in total. The van der Waals surface area contributed by atoms with Gasteiger partial charge in [0.2, 0.25) is 0 Å². The third-order valence-electron chi connectivity index (χ3n) is 4.19. The fourth-order valence-corrected chi connectivity index (χ4v) is 2.96. The van der Waals surface area contributed by atoms with Gasteiger partial charge in [0.15, 0.2) is 5.65 Å². The third kappa shape index (κ3) is 3.27. The summed E-state index contributed by atoms with van der Waals surface area (Å²) >= 11 is 0. The summed E-state index contributed by atoms with van der Waals surface area (Å²) in [6, 6.07) is 16.5. The molecule has 0 unspecified atom stereocenters. The van der Waals surface area contributed by atoms with E-state index in [0.29, 0.717) is 22.3 Å². The highest BCUT2D eigenvalue weighted by atomic mass is 19.3. The van der Waals surface area contributed by atoms with E-state index >= 15 is 0 Å². The molecule has 0 bridgehead atoms. The largest absolute Gasteiger partial charge is 0.478 e. The molecule has 2 aromatic carbocycles. The number of carbonyl (C=O) groups is 1. The summed E-state index contributed by atoms with van der Waals surface area (Å²) < 4.78 is 28.9. The summed E-state index contributed by atoms with van der Waals surface area (Å²) in [5.41, 5.74) is 2.56. The molecule has 140 valence electrons. The Hall–Kier alpha value is -3.81. The van der Waals surface area contributed by atoms with E-state index in [1.54, 1.807) is 0 Å². The second-order valence-corrected chi connectivity index (χ2v) is 5.93. The molecular formula is C20H13F2N3O3. The Bertz CT molecular complexity index is 1140. The molecule has 0 aliphatic carbocycles. The maximum Gasteiger partial charge on any atom is 0.387 e. The highest BCUT2D eigenvalue weighted by Gasteiger charge is 2.19. The molecular weight excluding hydrogens is 368 g/mol. The molecule has 0 amide bonds. The SMILES string of the molecule is O=C(O)c1cc(-c2ccc(OC(F)F)cc2)nc2n[nH]c(-c3ccccc3)c12. The Balaban J connectivity index is 1.83. The van der Waals surface area contributed by atoms with Crippen LogP contribution in [0, 0.1) is 0 Å². The van der Waals surface area contributed by atoms with Crippen molar-refractivity contribution in [3.63, 3.8) is 0 Å². The first-order valence-electron chi connectivity index (χ1n) is 8.26. The van der Waals surface area contributed by atoms with Crippen molar-refractivity contribution in [2.75, 3.05) is 0 Å². The number of rotatable bonds is 5. The molecule has 4 rings (SSSR count). The molecule has 2 aromatic heterocycles. The van der Waals surface area contributed by atoms with E-state index in [4.69, 9.17) is 0 Å². The number of carboxylic acids is 1. The van der Waals surface area contributed by atoms with E-state index in [0.717, 1.165) is 5.56 Å². The van der Waals surface area contributed by atoms with Gasteiger partial charge in [-0.3, -0.25) is 5.10 Å². The number of alkyl halides is 2. The van der Waals surface area contributed by atoms with Gasteiger partial charge in [-0.05, 0) is 30.3 Å². The third-order valence-corrected chi connectivity index (χ3v) is 4.19. The van der Waals surface area contributed by atoms with Crippen LogP contribution >= 0.6 is 0 Å². The van der Waals surface area contributed by atoms with Crippen molar-refractivity contribution in [1.82, 2.24) is 15.2 Å². The van der Waals surface area contributed by atoms with E-state index in [9.17, 15) is 18.7 Å². The lowest BCUT2D eigenvalue weighted by Crippen LogP contribution is -2.02. The van der Waals surface area contributed by atoms with Crippen molar-refractivity contribution >= 4 is 17.0 Å². The zero-order valence-corrected chi connectivity index (χ0v) is 14.3. The average Bonchev–Trinajstić information content (AvgIpc) is 3.12. The number of aromatic carboxylic acids is 1. The molecule has 0 aliphatic rings. The lowest BCUT2D eigenvalue weighted by Gasteiger charge is -2.07. The number of aromatic amines is 1. The number of ether oxygens (including phenoxy) is 1. The Kier molecular flexibility index (Phi) is 4.44. The summed E-state index contributed by atoms with van der Waals surface area (Å²) in [5.74, 6) is -1.12. The fraction of sp³-hybridized carbons (Fsp3) is 0.0500. The summed E-state index contributed by atoms with van der Waals surface area (Å²) in [4.78, 5) is 16.3. The van der Waals surface area contributed by atoms with Crippen molar-refractivity contribution in [2.24, 2.45) is 0 Å². The van der Waals surface area contributed by atoms with Gasteiger partial charge in [0.25, 0.3) is 0 Å². The van der Waals surface area contributed by atoms with Crippen LogP contribution in [-0.4, -0.2) is 32.9 Å². The van der Waals surface area contributed by atoms with Crippen LogP contribution in [0.2, 0.25) is 0 Å². The number of pyridine rings is 1. The molecule has 6 nitrogen and oxygen atoms in total. The summed E-state index contributed by atoms with van der Waals surface area (Å²) in [7, 11) is 0. The molecule has 0 atom stereocenters. The van der Waals surface area contributed by atoms with Crippen molar-refractivity contribution in [3.8, 4) is 28.3 Å². The van der Waals surface area contributed by atoms with Gasteiger partial charge in [0.05, 0.1) is 22.3 Å². The lowest BCUT2D eigenvalue weighted by atomic mass is 10.0. The van der Waals surface area contributed by atoms with Crippen LogP contribution in [-0.2, 0) is 0 Å². The van der Waals surface area contributed by atoms with Crippen molar-refractivity contribution in [2.45, 2.75) is 6.61 Å². The second-order valence-electron chi connectivity index (χ2n) is 5.93. The number of benzene rings is 2. The number of halogens is 2. The molecule has 0 fully saturated rings. The Labute approximate surface area is 157 Å². The van der Waals surface area contributed by atoms with Crippen molar-refractivity contribution in [1.29, 1.82) is 0 Å². The number of H-pyrrole nitrogens is 1. The van der Waals surface area contributed by atoms with Crippen LogP contribution in [0.5, 0.6) is 5.75 Å². The number of aromatic nitrogens is 3. The van der Waals surface area contributed by atoms with Gasteiger partial charge in [-0.1, -0.05) is 30.3 Å². The van der Waals surface area contributed by atoms with Crippen molar-refractivity contribution in [3.05, 3.63) is 66.2 Å². The van der Waals surface area contributed by atoms with E-state index in [2.05, 4.69) is 19.9 Å². The van der Waals surface area contributed by atoms with Crippen LogP contribution in [0.1, 0.15) is 10.4 Å². The standard InChI is InChI=1S/C20H13F2N3O3/c21-20(22)28-13-8-6-11(7-9-13)15-10-14(19(26)27)16-17(24-25-18(16)23-15)12-4-2-1-3-5-12/h1-10,20H,(H,26,27)(H,23,24,25). The van der Waals surface area contributed by atoms with Gasteiger partial charge in [-0.25, -0.2) is 9.78 Å². The summed E-state index contributed by atoms with van der Waals surface area (Å²) in [6.07, 6.45) is 0. The minimum atomic E-state index is -2.92. The molecule has 8 heteroatoms. The first-order chi connectivity index (χ1) is 13.5. The monoisotopic (exact) mass is 381 g/mol. The highest BCUT2D eigenvalue weighted by Crippen LogP contribution is 2.31. The van der Waals surface area contributed by atoms with Crippen LogP contribution in [0.25, 0.3) is 33.5 Å². The normalized spacial score (nSPS) is 11.1. The second kappa shape index (κ2) is 7.07. The molecule has 2 heterocycles. The van der Waals surface area contributed by atoms with Crippen LogP contribution in [0.4, 0.5) is 8.78 Å². The number of nitrogens with zero attached hydrogens (tertiary/aromatic N) is 2. The topological polar surface area (TPSA) is 88.1 Å². The zero-order chi connectivity index (χ0) is 19.7. The minimum absolute atomic E-state index is 0.00409. The molecule has 0 radical (unpaired) electrons. The van der Waals surface area contributed by atoms with Gasteiger partial charge < -0.3 is 9.84 Å². The predicted molar refractivity (Wildman–Crippen MR) is 98.4 cm³/mol. The summed E-state index contributed by atoms with van der Waals surface area (Å²) in [6.45, 7) is -2.92. The van der Waals surface area contributed by atoms with Crippen molar-refractivity contribution < 1.29 is 23.4 Å². The van der Waals surface area contributed by atoms with Gasteiger partial charge in [-0.2, -0.15) is 13.9 Å². The molecule has 0 aliphatic heterocycles. The lowest BCUT2D eigenvalue weighted by molar-refractivity contribution is -0.0498. The van der Waals surface area contributed by atoms with Gasteiger partial charge in [-0.15, -0.1) is 0 Å². The summed E-state index contributed by atoms with van der Waals surface area (Å²) in [5, 5.41) is 17.1. The predicted octanol–water partition coefficient (Wildman–Crippen LogP) is 4.59. The Morgan fingerprint density at radius 1 is 1.04 bits per heavy atom. The van der Waals surface area contributed by atoms with E-state index in [1.165, 1.54) is 30.3 Å². The molecule has 0 spiro atoms. The number of hydrogen-bond donors (Lipinski definition) is 2. The maximum absolute atomic E-state index is 12.3. The Morgan fingerprint density at radius 3 is 2.39 bits per heavy atom. The Morgan fingerprint density at radius 2 is 1.75 bits per heavy atom. The highest BCUT2D eigenvalue weighted by molar-refractivity contribution is 6.08. The zero-order valence-electron chi connectivity index (χ0n) is 14.3. The average molecular weight is 381 g/mol. The van der Waals surface area contributed by atoms with Crippen LogP contribution < -0.4 is 4.74 Å². The molecule has 0 saturated heterocycles. The fourth-order valence-electron chi connectivity index (χ4n) is 2.96. The van der Waals surface area contributed by atoms with Gasteiger partial charge >= 0.3 is 12.6 Å². The van der Waals surface area contributed by atoms with E-state index < -0.39 is 12.6 Å². The first kappa shape index (κ1) is 17.6. The van der Waals surface area contributed by atoms with E-state index in [-0.39, 0.29) is 17.0 Å². The van der Waals surface area contributed by atoms with Crippen LogP contribution in [0.3, 0.4) is 0 Å². The van der Waals surface area contributed by atoms with Gasteiger partial charge in [0.1, 0.15) is 5.75 Å². The number of nitrogens with one attached hydrogen (secondary N) is 1. The van der Waals surface area contributed by atoms with Crippen LogP contribution in [0.15, 0.2) is 60.7 Å². The number of hydrogen-bond acceptors (Lipinski definition) is 4. The van der Waals surface area contributed by atoms with E-state index in [1.807, 2.05) is 30.3 Å². The minimum Gasteiger partial charge on any atom is -0.478 e.